The summed E-state index contributed by atoms with van der Waals surface area (Å²) in [6.45, 7) is 3.61. The van der Waals surface area contributed by atoms with E-state index in [2.05, 4.69) is 0 Å². The number of nitrogens with one attached hydrogen (secondary N) is 3. The predicted molar refractivity (Wildman–Crippen MR) is 139 cm³/mol. The molecule has 0 unspecified atom stereocenters. The molecule has 1 saturated heterocycles. The highest BCUT2D eigenvalue weighted by molar-refractivity contribution is 6.48. The van der Waals surface area contributed by atoms with Crippen molar-refractivity contribution in [1.82, 2.24) is 10.2 Å². The Kier molecular flexibility index (Phi) is 9.13. The van der Waals surface area contributed by atoms with E-state index in [9.17, 15) is 27.9 Å². The zero-order valence-corrected chi connectivity index (χ0v) is 21.3. The molecule has 1 aliphatic heterocycles. The maximum absolute atomic E-state index is 12.7. The summed E-state index contributed by atoms with van der Waals surface area (Å²) in [5.41, 5.74) is 2.03. The fraction of sp³-hybridized carbons (Fsp3) is 0.407. The molecule has 4 N–H and O–H groups in total. The van der Waals surface area contributed by atoms with Gasteiger partial charge in [-0.05, 0) is 66.5 Å². The van der Waals surface area contributed by atoms with Crippen molar-refractivity contribution < 1.29 is 27.9 Å². The number of aromatic hydroxyl groups is 1. The van der Waals surface area contributed by atoms with Crippen molar-refractivity contribution in [3.63, 3.8) is 0 Å². The van der Waals surface area contributed by atoms with Crippen LogP contribution in [0.2, 0.25) is 0 Å². The number of hydrogen-bond acceptors (Lipinski definition) is 5. The monoisotopic (exact) mass is 531 g/mol. The van der Waals surface area contributed by atoms with Crippen LogP contribution in [-0.4, -0.2) is 59.8 Å². The molecule has 1 heterocycles. The lowest BCUT2D eigenvalue weighted by Crippen LogP contribution is -2.48. The number of carbonyl (C=O) groups excluding carboxylic acids is 2. The molecule has 0 radical (unpaired) electrons. The molecule has 1 aliphatic rings. The number of benzene rings is 2. The van der Waals surface area contributed by atoms with Gasteiger partial charge >= 0.3 is 6.18 Å². The molecule has 0 saturated carbocycles. The smallest absolute Gasteiger partial charge is 0.405 e. The summed E-state index contributed by atoms with van der Waals surface area (Å²) < 4.78 is 38.1. The Morgan fingerprint density at radius 3 is 2.34 bits per heavy atom. The molecular formula is C27H32F3N5O3. The molecule has 2 aromatic carbocycles. The highest BCUT2D eigenvalue weighted by atomic mass is 19.4. The zero-order chi connectivity index (χ0) is 28.0. The third-order valence-electron chi connectivity index (χ3n) is 6.57. The van der Waals surface area contributed by atoms with Crippen molar-refractivity contribution in [1.29, 1.82) is 10.8 Å². The second-order valence-corrected chi connectivity index (χ2v) is 9.72. The van der Waals surface area contributed by atoms with Crippen LogP contribution in [0, 0.1) is 16.7 Å². The van der Waals surface area contributed by atoms with Crippen molar-refractivity contribution in [3.05, 3.63) is 59.2 Å². The van der Waals surface area contributed by atoms with E-state index in [0.717, 1.165) is 41.7 Å². The van der Waals surface area contributed by atoms with Gasteiger partial charge in [0, 0.05) is 18.8 Å². The van der Waals surface area contributed by atoms with Gasteiger partial charge < -0.3 is 15.3 Å². The molecule has 0 bridgehead atoms. The van der Waals surface area contributed by atoms with Crippen LogP contribution in [0.25, 0.3) is 0 Å². The minimum atomic E-state index is -4.67. The van der Waals surface area contributed by atoms with Gasteiger partial charge in [0.25, 0.3) is 5.91 Å². The Balaban J connectivity index is 1.89. The largest absolute Gasteiger partial charge is 0.507 e. The first kappa shape index (κ1) is 28.7. The second kappa shape index (κ2) is 12.1. The standard InChI is InChI=1S/C27H32F3N5O3/c1-17(2)20-5-8-23(37)22(14-20)24(31)35(25(32)26(38)33-15-27(28,29)30)21-6-3-18(4-7-21)13-19-9-11-34(16-36)12-10-19/h3-8,14,16-17,19,31-32,37H,9-13,15H2,1-2H3,(H,33,38). The minimum absolute atomic E-state index is 0.0376. The summed E-state index contributed by atoms with van der Waals surface area (Å²) in [5.74, 6) is -2.44. The van der Waals surface area contributed by atoms with Crippen LogP contribution in [0.5, 0.6) is 5.75 Å². The first-order chi connectivity index (χ1) is 17.9. The molecule has 11 heteroatoms. The fourth-order valence-electron chi connectivity index (χ4n) is 4.34. The van der Waals surface area contributed by atoms with Gasteiger partial charge in [-0.1, -0.05) is 32.0 Å². The Morgan fingerprint density at radius 2 is 1.79 bits per heavy atom. The first-order valence-corrected chi connectivity index (χ1v) is 12.3. The minimum Gasteiger partial charge on any atom is -0.507 e. The topological polar surface area (TPSA) is 121 Å². The number of amides is 2. The van der Waals surface area contributed by atoms with Crippen LogP contribution < -0.4 is 10.2 Å². The summed E-state index contributed by atoms with van der Waals surface area (Å²) >= 11 is 0. The SMILES string of the molecule is CC(C)c1ccc(O)c(C(=N)N(C(=N)C(=O)NCC(F)(F)F)c2ccc(CC3CCN(C=O)CC3)cc2)c1. The van der Waals surface area contributed by atoms with Gasteiger partial charge in [-0.15, -0.1) is 0 Å². The van der Waals surface area contributed by atoms with Crippen molar-refractivity contribution >= 4 is 29.7 Å². The Morgan fingerprint density at radius 1 is 1.16 bits per heavy atom. The van der Waals surface area contributed by atoms with E-state index >= 15 is 0 Å². The second-order valence-electron chi connectivity index (χ2n) is 9.72. The van der Waals surface area contributed by atoms with E-state index in [4.69, 9.17) is 10.8 Å². The number of anilines is 1. The third kappa shape index (κ3) is 7.33. The molecular weight excluding hydrogens is 499 g/mol. The lowest BCUT2D eigenvalue weighted by atomic mass is 9.90. The molecule has 2 amide bonds. The fourth-order valence-corrected chi connectivity index (χ4v) is 4.34. The van der Waals surface area contributed by atoms with Gasteiger partial charge in [0.15, 0.2) is 5.84 Å². The average molecular weight is 532 g/mol. The number of piperidine rings is 1. The van der Waals surface area contributed by atoms with Crippen molar-refractivity contribution in [3.8, 4) is 5.75 Å². The van der Waals surface area contributed by atoms with Gasteiger partial charge in [-0.3, -0.25) is 25.3 Å². The van der Waals surface area contributed by atoms with Crippen molar-refractivity contribution in [2.45, 2.75) is 45.2 Å². The number of hydrogen-bond donors (Lipinski definition) is 4. The number of alkyl halides is 3. The van der Waals surface area contributed by atoms with Gasteiger partial charge in [0.2, 0.25) is 6.41 Å². The van der Waals surface area contributed by atoms with Crippen LogP contribution in [0.4, 0.5) is 18.9 Å². The number of halogens is 3. The van der Waals surface area contributed by atoms with Gasteiger partial charge in [-0.25, -0.2) is 0 Å². The van der Waals surface area contributed by atoms with Crippen LogP contribution in [0.1, 0.15) is 49.3 Å². The van der Waals surface area contributed by atoms with E-state index in [1.165, 1.54) is 6.07 Å². The molecule has 2 aromatic rings. The number of phenols is 1. The number of amidine groups is 2. The number of phenolic OH excluding ortho intramolecular Hbond substituents is 1. The van der Waals surface area contributed by atoms with E-state index in [-0.39, 0.29) is 22.9 Å². The van der Waals surface area contributed by atoms with E-state index in [0.29, 0.717) is 19.0 Å². The number of likely N-dealkylation sites (tertiary alicyclic amines) is 1. The molecule has 0 aliphatic carbocycles. The summed E-state index contributed by atoms with van der Waals surface area (Å²) in [6, 6.07) is 11.4. The van der Waals surface area contributed by atoms with Crippen molar-refractivity contribution in [2.24, 2.45) is 5.92 Å². The van der Waals surface area contributed by atoms with E-state index in [1.54, 1.807) is 46.6 Å². The van der Waals surface area contributed by atoms with Crippen LogP contribution >= 0.6 is 0 Å². The molecule has 1 fully saturated rings. The molecule has 204 valence electrons. The maximum Gasteiger partial charge on any atom is 0.405 e. The maximum atomic E-state index is 12.7. The molecule has 3 rings (SSSR count). The predicted octanol–water partition coefficient (Wildman–Crippen LogP) is 4.41. The summed E-state index contributed by atoms with van der Waals surface area (Å²) in [6.07, 6.45) is -1.32. The van der Waals surface area contributed by atoms with Gasteiger partial charge in [0.05, 0.1) is 5.56 Å². The average Bonchev–Trinajstić information content (AvgIpc) is 2.88. The third-order valence-corrected chi connectivity index (χ3v) is 6.57. The first-order valence-electron chi connectivity index (χ1n) is 12.3. The molecule has 0 spiro atoms. The zero-order valence-electron chi connectivity index (χ0n) is 21.3. The van der Waals surface area contributed by atoms with Crippen molar-refractivity contribution in [2.75, 3.05) is 24.5 Å². The highest BCUT2D eigenvalue weighted by Crippen LogP contribution is 2.28. The number of carbonyl (C=O) groups is 2. The molecule has 0 atom stereocenters. The van der Waals surface area contributed by atoms with E-state index < -0.39 is 30.3 Å². The summed E-state index contributed by atoms with van der Waals surface area (Å²) in [7, 11) is 0. The van der Waals surface area contributed by atoms with E-state index in [1.807, 2.05) is 13.8 Å². The summed E-state index contributed by atoms with van der Waals surface area (Å²) in [5, 5.41) is 29.3. The molecule has 8 nitrogen and oxygen atoms in total. The molecule has 38 heavy (non-hydrogen) atoms. The molecule has 0 aromatic heterocycles. The lowest BCUT2D eigenvalue weighted by molar-refractivity contribution is -0.134. The lowest BCUT2D eigenvalue weighted by Gasteiger charge is -2.29. The number of rotatable bonds is 7. The Bertz CT molecular complexity index is 1170. The Hall–Kier alpha value is -3.89. The summed E-state index contributed by atoms with van der Waals surface area (Å²) in [4.78, 5) is 26.1. The van der Waals surface area contributed by atoms with Crippen LogP contribution in [0.15, 0.2) is 42.5 Å². The van der Waals surface area contributed by atoms with Crippen LogP contribution in [0.3, 0.4) is 0 Å². The number of nitrogens with zero attached hydrogens (tertiary/aromatic N) is 2. The Labute approximate surface area is 219 Å². The van der Waals surface area contributed by atoms with Gasteiger partial charge in [-0.2, -0.15) is 13.2 Å². The van der Waals surface area contributed by atoms with Gasteiger partial charge in [0.1, 0.15) is 18.1 Å². The quantitative estimate of drug-likeness (QED) is 0.240. The van der Waals surface area contributed by atoms with Crippen LogP contribution in [-0.2, 0) is 16.0 Å². The normalized spacial score (nSPS) is 14.3. The highest BCUT2D eigenvalue weighted by Gasteiger charge is 2.31.